The SMILES string of the molecule is Cc1ccc2c(c1)N=C(N1CCNCC1)S21OC(=O)C=CC(=O)O1. The first-order chi connectivity index (χ1) is 11.6. The Morgan fingerprint density at radius 3 is 2.46 bits per heavy atom. The standard InChI is InChI=1S/C16H17N3O4S/c1-11-2-3-13-12(10-11)18-16(19-8-6-17-7-9-19)24(13)22-14(20)4-5-15(21)23-24/h2-5,10,17H,6-9H2,1H3. The predicted octanol–water partition coefficient (Wildman–Crippen LogP) is 1.55. The van der Waals surface area contributed by atoms with E-state index in [1.807, 2.05) is 30.0 Å². The van der Waals surface area contributed by atoms with Crippen molar-refractivity contribution in [2.75, 3.05) is 26.2 Å². The lowest BCUT2D eigenvalue weighted by molar-refractivity contribution is -0.129. The van der Waals surface area contributed by atoms with Gasteiger partial charge in [0.05, 0.1) is 5.69 Å². The third-order valence-electron chi connectivity index (χ3n) is 4.00. The van der Waals surface area contributed by atoms with Crippen LogP contribution in [-0.2, 0) is 18.0 Å². The van der Waals surface area contributed by atoms with Gasteiger partial charge in [-0.15, -0.1) is 0 Å². The van der Waals surface area contributed by atoms with Gasteiger partial charge in [-0.3, -0.25) is 0 Å². The Morgan fingerprint density at radius 1 is 1.12 bits per heavy atom. The van der Waals surface area contributed by atoms with Crippen molar-refractivity contribution in [1.82, 2.24) is 10.2 Å². The van der Waals surface area contributed by atoms with E-state index >= 15 is 0 Å². The maximum atomic E-state index is 12.1. The lowest BCUT2D eigenvalue weighted by Crippen LogP contribution is -2.47. The van der Waals surface area contributed by atoms with Crippen LogP contribution in [0.15, 0.2) is 40.2 Å². The van der Waals surface area contributed by atoms with Gasteiger partial charge in [0.15, 0.2) is 0 Å². The second-order valence-corrected chi connectivity index (χ2v) is 7.89. The highest BCUT2D eigenvalue weighted by atomic mass is 32.3. The lowest BCUT2D eigenvalue weighted by atomic mass is 10.2. The summed E-state index contributed by atoms with van der Waals surface area (Å²) in [5.74, 6) is -1.18. The highest BCUT2D eigenvalue weighted by Crippen LogP contribution is 2.67. The number of carbonyl (C=O) groups excluding carboxylic acids is 2. The van der Waals surface area contributed by atoms with E-state index < -0.39 is 22.5 Å². The van der Waals surface area contributed by atoms with E-state index in [0.717, 1.165) is 30.8 Å². The fourth-order valence-corrected chi connectivity index (χ4v) is 5.41. The van der Waals surface area contributed by atoms with E-state index in [0.29, 0.717) is 28.8 Å². The quantitative estimate of drug-likeness (QED) is 0.767. The van der Waals surface area contributed by atoms with Gasteiger partial charge in [-0.1, -0.05) is 6.07 Å². The molecule has 0 unspecified atom stereocenters. The van der Waals surface area contributed by atoms with Crippen molar-refractivity contribution in [3.63, 3.8) is 0 Å². The molecule has 1 N–H and O–H groups in total. The zero-order valence-corrected chi connectivity index (χ0v) is 14.0. The molecule has 1 spiro atoms. The smallest absolute Gasteiger partial charge is 0.339 e. The molecule has 0 aliphatic carbocycles. The van der Waals surface area contributed by atoms with Crippen LogP contribution >= 0.6 is 10.6 Å². The van der Waals surface area contributed by atoms with Gasteiger partial charge in [-0.25, -0.2) is 14.6 Å². The average molecular weight is 347 g/mol. The zero-order valence-electron chi connectivity index (χ0n) is 13.2. The van der Waals surface area contributed by atoms with Crippen LogP contribution in [0, 0.1) is 6.92 Å². The molecule has 126 valence electrons. The van der Waals surface area contributed by atoms with Crippen LogP contribution in [0.3, 0.4) is 0 Å². The summed E-state index contributed by atoms with van der Waals surface area (Å²) >= 11 is 0. The van der Waals surface area contributed by atoms with Crippen molar-refractivity contribution in [1.29, 1.82) is 0 Å². The Bertz CT molecular complexity index is 764. The molecule has 24 heavy (non-hydrogen) atoms. The van der Waals surface area contributed by atoms with Gasteiger partial charge in [0, 0.05) is 38.3 Å². The van der Waals surface area contributed by atoms with Crippen LogP contribution in [-0.4, -0.2) is 48.2 Å². The molecular weight excluding hydrogens is 330 g/mol. The fraction of sp³-hybridized carbons (Fsp3) is 0.312. The number of rotatable bonds is 0. The summed E-state index contributed by atoms with van der Waals surface area (Å²) in [6.07, 6.45) is 2.21. The maximum Gasteiger partial charge on any atom is 0.354 e. The molecule has 1 fully saturated rings. The molecule has 4 rings (SSSR count). The van der Waals surface area contributed by atoms with Crippen molar-refractivity contribution in [3.05, 3.63) is 35.9 Å². The summed E-state index contributed by atoms with van der Waals surface area (Å²) in [6, 6.07) is 5.66. The Hall–Kier alpha value is -2.32. The topological polar surface area (TPSA) is 80.2 Å². The van der Waals surface area contributed by atoms with Crippen molar-refractivity contribution in [2.45, 2.75) is 11.8 Å². The van der Waals surface area contributed by atoms with Gasteiger partial charge >= 0.3 is 11.9 Å². The number of piperazine rings is 1. The second kappa shape index (κ2) is 5.64. The lowest BCUT2D eigenvalue weighted by Gasteiger charge is -2.42. The number of nitrogens with one attached hydrogen (secondary N) is 1. The minimum absolute atomic E-state index is 0.537. The van der Waals surface area contributed by atoms with Crippen LogP contribution in [0.4, 0.5) is 5.69 Å². The molecule has 8 heteroatoms. The Balaban J connectivity index is 1.86. The van der Waals surface area contributed by atoms with Crippen molar-refractivity contribution < 1.29 is 18.0 Å². The molecular formula is C16H17N3O4S. The zero-order chi connectivity index (χ0) is 16.7. The van der Waals surface area contributed by atoms with Crippen LogP contribution in [0.1, 0.15) is 5.56 Å². The van der Waals surface area contributed by atoms with Gasteiger partial charge in [0.1, 0.15) is 4.90 Å². The molecule has 0 saturated carbocycles. The van der Waals surface area contributed by atoms with E-state index in [4.69, 9.17) is 13.4 Å². The summed E-state index contributed by atoms with van der Waals surface area (Å²) in [7, 11) is -2.73. The van der Waals surface area contributed by atoms with E-state index in [-0.39, 0.29) is 0 Å². The third-order valence-corrected chi connectivity index (χ3v) is 6.55. The number of fused-ring (bicyclic) bond motifs is 2. The average Bonchev–Trinajstić information content (AvgIpc) is 2.77. The number of hydrogen-bond donors (Lipinski definition) is 1. The first kappa shape index (κ1) is 15.2. The monoisotopic (exact) mass is 347 g/mol. The largest absolute Gasteiger partial charge is 0.354 e. The van der Waals surface area contributed by atoms with Crippen molar-refractivity contribution >= 4 is 33.4 Å². The number of hydrogen-bond acceptors (Lipinski definition) is 7. The molecule has 3 aliphatic rings. The van der Waals surface area contributed by atoms with E-state index in [2.05, 4.69) is 5.32 Å². The highest BCUT2D eigenvalue weighted by molar-refractivity contribution is 8.39. The molecule has 1 saturated heterocycles. The van der Waals surface area contributed by atoms with Gasteiger partial charge in [0.25, 0.3) is 0 Å². The normalized spacial score (nSPS) is 23.2. The first-order valence-corrected chi connectivity index (χ1v) is 9.20. The van der Waals surface area contributed by atoms with Crippen LogP contribution in [0.25, 0.3) is 0 Å². The van der Waals surface area contributed by atoms with Crippen LogP contribution < -0.4 is 5.32 Å². The minimum atomic E-state index is -2.73. The van der Waals surface area contributed by atoms with Crippen LogP contribution in [0.5, 0.6) is 0 Å². The second-order valence-electron chi connectivity index (χ2n) is 5.74. The first-order valence-electron chi connectivity index (χ1n) is 7.72. The Labute approximate surface area is 141 Å². The third kappa shape index (κ3) is 2.38. The molecule has 1 aromatic carbocycles. The van der Waals surface area contributed by atoms with Gasteiger partial charge in [0.2, 0.25) is 5.17 Å². The number of amidine groups is 1. The van der Waals surface area contributed by atoms with Gasteiger partial charge in [-0.05, 0) is 35.2 Å². The molecule has 0 bridgehead atoms. The number of benzene rings is 1. The van der Waals surface area contributed by atoms with Crippen molar-refractivity contribution in [3.8, 4) is 0 Å². The predicted molar refractivity (Wildman–Crippen MR) is 89.9 cm³/mol. The molecule has 0 aromatic heterocycles. The molecule has 0 radical (unpaired) electrons. The van der Waals surface area contributed by atoms with Crippen molar-refractivity contribution in [2.24, 2.45) is 4.99 Å². The fourth-order valence-electron chi connectivity index (χ4n) is 2.90. The molecule has 1 aromatic rings. The molecule has 7 nitrogen and oxygen atoms in total. The summed E-state index contributed by atoms with van der Waals surface area (Å²) < 4.78 is 11.4. The Kier molecular flexibility index (Phi) is 3.58. The Morgan fingerprint density at radius 2 is 1.79 bits per heavy atom. The maximum absolute atomic E-state index is 12.1. The summed E-state index contributed by atoms with van der Waals surface area (Å²) in [5.41, 5.74) is 1.74. The van der Waals surface area contributed by atoms with E-state index in [1.54, 1.807) is 0 Å². The number of aliphatic imine (C=N–C) groups is 1. The summed E-state index contributed by atoms with van der Waals surface area (Å²) in [6.45, 7) is 4.98. The minimum Gasteiger partial charge on any atom is -0.339 e. The number of carbonyl (C=O) groups is 2. The molecule has 3 heterocycles. The molecule has 0 atom stereocenters. The van der Waals surface area contributed by atoms with Gasteiger partial charge < -0.3 is 18.6 Å². The summed E-state index contributed by atoms with van der Waals surface area (Å²) in [4.78, 5) is 31.6. The molecule has 0 amide bonds. The summed E-state index contributed by atoms with van der Waals surface area (Å²) in [5, 5.41) is 3.81. The van der Waals surface area contributed by atoms with Crippen LogP contribution in [0.2, 0.25) is 0 Å². The number of aryl methyl sites for hydroxylation is 1. The van der Waals surface area contributed by atoms with Gasteiger partial charge in [-0.2, -0.15) is 0 Å². The van der Waals surface area contributed by atoms with E-state index in [1.165, 1.54) is 0 Å². The number of nitrogens with zero attached hydrogens (tertiary/aromatic N) is 2. The molecule has 3 aliphatic heterocycles. The van der Waals surface area contributed by atoms with E-state index in [9.17, 15) is 9.59 Å². The highest BCUT2D eigenvalue weighted by Gasteiger charge is 2.46.